The first-order valence-electron chi connectivity index (χ1n) is 5.28. The standard InChI is InChI=1S/C10H12Cl2N2O4S/c1-3-18-10(15)6(2)14-19(16,17)7-4-8(11)9(12)13-5-7/h4-6,14H,3H2,1-2H3. The molecule has 1 aromatic heterocycles. The van der Waals surface area contributed by atoms with E-state index >= 15 is 0 Å². The summed E-state index contributed by atoms with van der Waals surface area (Å²) < 4.78 is 30.8. The van der Waals surface area contributed by atoms with Crippen molar-refractivity contribution in [3.05, 3.63) is 22.4 Å². The lowest BCUT2D eigenvalue weighted by molar-refractivity contribution is -0.144. The number of pyridine rings is 1. The Morgan fingerprint density at radius 2 is 2.16 bits per heavy atom. The second-order valence-corrected chi connectivity index (χ2v) is 6.02. The minimum atomic E-state index is -3.92. The van der Waals surface area contributed by atoms with Crippen LogP contribution < -0.4 is 4.72 Å². The first kappa shape index (κ1) is 16.2. The molecule has 1 aromatic rings. The Morgan fingerprint density at radius 3 is 2.68 bits per heavy atom. The first-order chi connectivity index (χ1) is 8.77. The summed E-state index contributed by atoms with van der Waals surface area (Å²) in [5, 5.41) is 0.00684. The summed E-state index contributed by atoms with van der Waals surface area (Å²) in [5.74, 6) is -0.668. The summed E-state index contributed by atoms with van der Waals surface area (Å²) in [4.78, 5) is 14.8. The third-order valence-electron chi connectivity index (χ3n) is 2.05. The van der Waals surface area contributed by atoms with Crippen LogP contribution in [0.5, 0.6) is 0 Å². The molecule has 0 fully saturated rings. The Morgan fingerprint density at radius 1 is 1.53 bits per heavy atom. The van der Waals surface area contributed by atoms with Crippen molar-refractivity contribution in [2.24, 2.45) is 0 Å². The van der Waals surface area contributed by atoms with Gasteiger partial charge in [-0.05, 0) is 19.9 Å². The third-order valence-corrected chi connectivity index (χ3v) is 4.25. The quantitative estimate of drug-likeness (QED) is 0.656. The Labute approximate surface area is 121 Å². The van der Waals surface area contributed by atoms with Gasteiger partial charge in [-0.3, -0.25) is 4.79 Å². The van der Waals surface area contributed by atoms with Crippen LogP contribution in [0.1, 0.15) is 13.8 Å². The van der Waals surface area contributed by atoms with Gasteiger partial charge in [-0.25, -0.2) is 13.4 Å². The molecule has 0 radical (unpaired) electrons. The fourth-order valence-electron chi connectivity index (χ4n) is 1.17. The third kappa shape index (κ3) is 4.31. The molecule has 0 aromatic carbocycles. The number of hydrogen-bond acceptors (Lipinski definition) is 5. The van der Waals surface area contributed by atoms with Crippen LogP contribution in [0.4, 0.5) is 0 Å². The number of esters is 1. The number of rotatable bonds is 5. The largest absolute Gasteiger partial charge is 0.465 e. The number of halogens is 2. The van der Waals surface area contributed by atoms with Crippen LogP contribution >= 0.6 is 23.2 Å². The molecule has 19 heavy (non-hydrogen) atoms. The van der Waals surface area contributed by atoms with Gasteiger partial charge in [0, 0.05) is 6.20 Å². The monoisotopic (exact) mass is 326 g/mol. The van der Waals surface area contributed by atoms with E-state index in [0.29, 0.717) is 0 Å². The molecule has 0 spiro atoms. The highest BCUT2D eigenvalue weighted by molar-refractivity contribution is 7.89. The minimum Gasteiger partial charge on any atom is -0.465 e. The minimum absolute atomic E-state index is 0.000872. The molecule has 9 heteroatoms. The van der Waals surface area contributed by atoms with Crippen LogP contribution in [0.25, 0.3) is 0 Å². The number of hydrogen-bond donors (Lipinski definition) is 1. The second kappa shape index (κ2) is 6.51. The van der Waals surface area contributed by atoms with Gasteiger partial charge in [0.15, 0.2) is 0 Å². The number of nitrogens with one attached hydrogen (secondary N) is 1. The van der Waals surface area contributed by atoms with E-state index in [4.69, 9.17) is 27.9 Å². The predicted molar refractivity (Wildman–Crippen MR) is 70.7 cm³/mol. The Balaban J connectivity index is 2.92. The fraction of sp³-hybridized carbons (Fsp3) is 0.400. The van der Waals surface area contributed by atoms with Gasteiger partial charge in [-0.15, -0.1) is 0 Å². The van der Waals surface area contributed by atoms with Crippen LogP contribution in [0.3, 0.4) is 0 Å². The van der Waals surface area contributed by atoms with Gasteiger partial charge in [0.25, 0.3) is 0 Å². The van der Waals surface area contributed by atoms with E-state index in [1.54, 1.807) is 6.92 Å². The average molecular weight is 327 g/mol. The molecule has 0 aliphatic rings. The van der Waals surface area contributed by atoms with E-state index in [0.717, 1.165) is 12.3 Å². The number of ether oxygens (including phenoxy) is 1. The molecule has 1 N–H and O–H groups in total. The highest BCUT2D eigenvalue weighted by atomic mass is 35.5. The Kier molecular flexibility index (Phi) is 5.54. The van der Waals surface area contributed by atoms with Crippen molar-refractivity contribution in [2.75, 3.05) is 6.61 Å². The molecule has 1 heterocycles. The molecular formula is C10H12Cl2N2O4S. The molecule has 6 nitrogen and oxygen atoms in total. The molecule has 0 saturated carbocycles. The molecule has 0 saturated heterocycles. The number of nitrogens with zero attached hydrogens (tertiary/aromatic N) is 1. The maximum Gasteiger partial charge on any atom is 0.323 e. The van der Waals surface area contributed by atoms with Crippen molar-refractivity contribution < 1.29 is 17.9 Å². The molecular weight excluding hydrogens is 315 g/mol. The highest BCUT2D eigenvalue weighted by Crippen LogP contribution is 2.22. The van der Waals surface area contributed by atoms with Crippen molar-refractivity contribution >= 4 is 39.2 Å². The van der Waals surface area contributed by atoms with Gasteiger partial charge < -0.3 is 4.74 Å². The van der Waals surface area contributed by atoms with Gasteiger partial charge in [0.2, 0.25) is 10.0 Å². The molecule has 0 aliphatic heterocycles. The number of sulfonamides is 1. The fourth-order valence-corrected chi connectivity index (χ4v) is 2.66. The molecule has 1 unspecified atom stereocenters. The predicted octanol–water partition coefficient (Wildman–Crippen LogP) is 1.62. The van der Waals surface area contributed by atoms with Crippen molar-refractivity contribution in [3.63, 3.8) is 0 Å². The van der Waals surface area contributed by atoms with Gasteiger partial charge >= 0.3 is 5.97 Å². The van der Waals surface area contributed by atoms with Crippen LogP contribution in [0.15, 0.2) is 17.2 Å². The highest BCUT2D eigenvalue weighted by Gasteiger charge is 2.23. The molecule has 106 valence electrons. The molecule has 0 aliphatic carbocycles. The van der Waals surface area contributed by atoms with Gasteiger partial charge in [-0.1, -0.05) is 23.2 Å². The molecule has 1 atom stereocenters. The lowest BCUT2D eigenvalue weighted by atomic mass is 10.4. The van der Waals surface area contributed by atoms with Crippen LogP contribution in [-0.2, 0) is 19.6 Å². The van der Waals surface area contributed by atoms with Crippen molar-refractivity contribution in [2.45, 2.75) is 24.8 Å². The SMILES string of the molecule is CCOC(=O)C(C)NS(=O)(=O)c1cnc(Cl)c(Cl)c1. The van der Waals surface area contributed by atoms with Crippen LogP contribution in [-0.4, -0.2) is 32.0 Å². The lowest BCUT2D eigenvalue weighted by Gasteiger charge is -2.13. The van der Waals surface area contributed by atoms with Crippen LogP contribution in [0.2, 0.25) is 10.2 Å². The van der Waals surface area contributed by atoms with E-state index in [2.05, 4.69) is 9.71 Å². The van der Waals surface area contributed by atoms with E-state index < -0.39 is 22.0 Å². The van der Waals surface area contributed by atoms with E-state index in [-0.39, 0.29) is 21.7 Å². The zero-order valence-electron chi connectivity index (χ0n) is 10.2. The van der Waals surface area contributed by atoms with Gasteiger partial charge in [0.05, 0.1) is 11.6 Å². The van der Waals surface area contributed by atoms with Crippen molar-refractivity contribution in [3.8, 4) is 0 Å². The number of carbonyl (C=O) groups is 1. The molecule has 1 rings (SSSR count). The van der Waals surface area contributed by atoms with E-state index in [1.807, 2.05) is 0 Å². The summed E-state index contributed by atoms with van der Waals surface area (Å²) in [7, 11) is -3.92. The van der Waals surface area contributed by atoms with Gasteiger partial charge in [0.1, 0.15) is 16.1 Å². The number of aromatic nitrogens is 1. The lowest BCUT2D eigenvalue weighted by Crippen LogP contribution is -2.39. The summed E-state index contributed by atoms with van der Waals surface area (Å²) in [6.45, 7) is 3.17. The Hall–Kier alpha value is -0.890. The summed E-state index contributed by atoms with van der Waals surface area (Å²) >= 11 is 11.3. The van der Waals surface area contributed by atoms with E-state index in [1.165, 1.54) is 6.92 Å². The molecule has 0 amide bonds. The summed E-state index contributed by atoms with van der Waals surface area (Å²) in [6.07, 6.45) is 1.05. The second-order valence-electron chi connectivity index (χ2n) is 3.54. The maximum absolute atomic E-state index is 12.0. The van der Waals surface area contributed by atoms with Crippen molar-refractivity contribution in [1.82, 2.24) is 9.71 Å². The first-order valence-corrected chi connectivity index (χ1v) is 7.52. The Bertz CT molecular complexity index is 577. The smallest absolute Gasteiger partial charge is 0.323 e. The topological polar surface area (TPSA) is 85.4 Å². The van der Waals surface area contributed by atoms with Crippen LogP contribution in [0, 0.1) is 0 Å². The normalized spacial score (nSPS) is 13.1. The number of carbonyl (C=O) groups excluding carboxylic acids is 1. The molecule has 0 bridgehead atoms. The average Bonchev–Trinajstić information content (AvgIpc) is 2.32. The zero-order chi connectivity index (χ0) is 14.6. The van der Waals surface area contributed by atoms with Gasteiger partial charge in [-0.2, -0.15) is 4.72 Å². The summed E-state index contributed by atoms with van der Waals surface area (Å²) in [6, 6.07) is 0.135. The summed E-state index contributed by atoms with van der Waals surface area (Å²) in [5.41, 5.74) is 0. The maximum atomic E-state index is 12.0. The van der Waals surface area contributed by atoms with E-state index in [9.17, 15) is 13.2 Å². The zero-order valence-corrected chi connectivity index (χ0v) is 12.5. The van der Waals surface area contributed by atoms with Crippen molar-refractivity contribution in [1.29, 1.82) is 0 Å².